The first-order valence-corrected chi connectivity index (χ1v) is 7.17. The third-order valence-corrected chi connectivity index (χ3v) is 4.03. The average Bonchev–Trinajstić information content (AvgIpc) is 2.88. The Labute approximate surface area is 115 Å². The van der Waals surface area contributed by atoms with E-state index in [1.807, 2.05) is 12.1 Å². The maximum absolute atomic E-state index is 12.1. The van der Waals surface area contributed by atoms with E-state index in [0.717, 1.165) is 37.7 Å². The molecule has 0 radical (unpaired) electrons. The summed E-state index contributed by atoms with van der Waals surface area (Å²) >= 11 is 0. The molecule has 1 saturated carbocycles. The van der Waals surface area contributed by atoms with Crippen LogP contribution in [0.1, 0.15) is 43.7 Å². The van der Waals surface area contributed by atoms with Crippen molar-refractivity contribution in [2.45, 2.75) is 51.0 Å². The van der Waals surface area contributed by atoms with Crippen LogP contribution in [0.5, 0.6) is 0 Å². The number of hydrogen-bond donors (Lipinski definition) is 2. The Morgan fingerprint density at radius 2 is 2.00 bits per heavy atom. The van der Waals surface area contributed by atoms with Crippen LogP contribution in [0.25, 0.3) is 0 Å². The number of amides is 1. The summed E-state index contributed by atoms with van der Waals surface area (Å²) in [5.74, 6) is 0.0178. The highest BCUT2D eigenvalue weighted by atomic mass is 16.3. The highest BCUT2D eigenvalue weighted by Gasteiger charge is 2.34. The predicted octanol–water partition coefficient (Wildman–Crippen LogP) is 2.21. The summed E-state index contributed by atoms with van der Waals surface area (Å²) in [7, 11) is 0. The minimum absolute atomic E-state index is 0.0178. The zero-order valence-corrected chi connectivity index (χ0v) is 11.6. The molecular weight excluding hydrogens is 238 g/mol. The largest absolute Gasteiger partial charge is 0.394 e. The summed E-state index contributed by atoms with van der Waals surface area (Å²) in [5.41, 5.74) is 1.94. The van der Waals surface area contributed by atoms with Gasteiger partial charge in [0.2, 0.25) is 5.91 Å². The van der Waals surface area contributed by atoms with Crippen LogP contribution >= 0.6 is 0 Å². The average molecular weight is 261 g/mol. The van der Waals surface area contributed by atoms with Gasteiger partial charge in [-0.05, 0) is 30.4 Å². The molecule has 1 aromatic carbocycles. The van der Waals surface area contributed by atoms with Gasteiger partial charge < -0.3 is 10.4 Å². The number of aliphatic hydroxyl groups excluding tert-OH is 1. The lowest BCUT2D eigenvalue weighted by Crippen LogP contribution is -2.49. The smallest absolute Gasteiger partial charge is 0.224 e. The standard InChI is InChI=1S/C16H23NO2/c1-2-13-6-5-7-14(10-13)11-15(19)17-16(12-18)8-3-4-9-16/h5-7,10,18H,2-4,8-9,11-12H2,1H3,(H,17,19). The monoisotopic (exact) mass is 261 g/mol. The zero-order valence-electron chi connectivity index (χ0n) is 11.6. The molecule has 0 bridgehead atoms. The van der Waals surface area contributed by atoms with Gasteiger partial charge in [0, 0.05) is 0 Å². The molecule has 0 aliphatic heterocycles. The van der Waals surface area contributed by atoms with Gasteiger partial charge in [-0.25, -0.2) is 0 Å². The van der Waals surface area contributed by atoms with E-state index in [0.29, 0.717) is 6.42 Å². The minimum atomic E-state index is -0.362. The number of carbonyl (C=O) groups is 1. The lowest BCUT2D eigenvalue weighted by Gasteiger charge is -2.28. The van der Waals surface area contributed by atoms with Crippen molar-refractivity contribution in [2.24, 2.45) is 0 Å². The predicted molar refractivity (Wildman–Crippen MR) is 76.0 cm³/mol. The van der Waals surface area contributed by atoms with Crippen molar-refractivity contribution >= 4 is 5.91 Å². The number of benzene rings is 1. The Kier molecular flexibility index (Phi) is 4.59. The quantitative estimate of drug-likeness (QED) is 0.854. The van der Waals surface area contributed by atoms with E-state index in [1.54, 1.807) is 0 Å². The Bertz CT molecular complexity index is 436. The highest BCUT2D eigenvalue weighted by Crippen LogP contribution is 2.29. The molecular formula is C16H23NO2. The molecule has 0 spiro atoms. The molecule has 2 rings (SSSR count). The van der Waals surface area contributed by atoms with E-state index in [-0.39, 0.29) is 18.1 Å². The molecule has 1 aromatic rings. The lowest BCUT2D eigenvalue weighted by atomic mass is 9.98. The Morgan fingerprint density at radius 3 is 2.63 bits per heavy atom. The molecule has 0 aromatic heterocycles. The molecule has 2 N–H and O–H groups in total. The number of rotatable bonds is 5. The van der Waals surface area contributed by atoms with Crippen molar-refractivity contribution < 1.29 is 9.90 Å². The van der Waals surface area contributed by atoms with Crippen molar-refractivity contribution in [3.8, 4) is 0 Å². The van der Waals surface area contributed by atoms with Crippen LogP contribution in [0.3, 0.4) is 0 Å². The molecule has 0 unspecified atom stereocenters. The van der Waals surface area contributed by atoms with Crippen molar-refractivity contribution in [1.82, 2.24) is 5.32 Å². The fourth-order valence-corrected chi connectivity index (χ4v) is 2.86. The van der Waals surface area contributed by atoms with Crippen LogP contribution < -0.4 is 5.32 Å². The second kappa shape index (κ2) is 6.20. The summed E-state index contributed by atoms with van der Waals surface area (Å²) in [5, 5.41) is 12.5. The molecule has 19 heavy (non-hydrogen) atoms. The van der Waals surface area contributed by atoms with Gasteiger partial charge in [-0.2, -0.15) is 0 Å². The van der Waals surface area contributed by atoms with E-state index in [1.165, 1.54) is 5.56 Å². The highest BCUT2D eigenvalue weighted by molar-refractivity contribution is 5.79. The first-order valence-electron chi connectivity index (χ1n) is 7.17. The third kappa shape index (κ3) is 3.57. The van der Waals surface area contributed by atoms with E-state index >= 15 is 0 Å². The van der Waals surface area contributed by atoms with Gasteiger partial charge in [-0.1, -0.05) is 44.0 Å². The maximum Gasteiger partial charge on any atom is 0.224 e. The molecule has 3 nitrogen and oxygen atoms in total. The lowest BCUT2D eigenvalue weighted by molar-refractivity contribution is -0.122. The van der Waals surface area contributed by atoms with Gasteiger partial charge in [0.25, 0.3) is 0 Å². The van der Waals surface area contributed by atoms with Crippen LogP contribution in [0.15, 0.2) is 24.3 Å². The first-order chi connectivity index (χ1) is 9.17. The number of nitrogens with one attached hydrogen (secondary N) is 1. The third-order valence-electron chi connectivity index (χ3n) is 4.03. The fraction of sp³-hybridized carbons (Fsp3) is 0.562. The second-order valence-electron chi connectivity index (χ2n) is 5.54. The van der Waals surface area contributed by atoms with Crippen molar-refractivity contribution in [1.29, 1.82) is 0 Å². The number of aryl methyl sites for hydroxylation is 1. The van der Waals surface area contributed by atoms with Crippen LogP contribution in [-0.4, -0.2) is 23.2 Å². The van der Waals surface area contributed by atoms with Crippen molar-refractivity contribution in [3.63, 3.8) is 0 Å². The fourth-order valence-electron chi connectivity index (χ4n) is 2.86. The zero-order chi connectivity index (χ0) is 13.7. The molecule has 1 aliphatic rings. The number of carbonyl (C=O) groups excluding carboxylic acids is 1. The minimum Gasteiger partial charge on any atom is -0.394 e. The van der Waals surface area contributed by atoms with E-state index < -0.39 is 0 Å². The van der Waals surface area contributed by atoms with Crippen molar-refractivity contribution in [2.75, 3.05) is 6.61 Å². The van der Waals surface area contributed by atoms with Gasteiger partial charge in [0.1, 0.15) is 0 Å². The molecule has 1 amide bonds. The van der Waals surface area contributed by atoms with E-state index in [9.17, 15) is 9.90 Å². The van der Waals surface area contributed by atoms with Gasteiger partial charge in [-0.15, -0.1) is 0 Å². The second-order valence-corrected chi connectivity index (χ2v) is 5.54. The van der Waals surface area contributed by atoms with Crippen LogP contribution in [0.2, 0.25) is 0 Å². The molecule has 3 heteroatoms. The summed E-state index contributed by atoms with van der Waals surface area (Å²) in [6.45, 7) is 2.16. The summed E-state index contributed by atoms with van der Waals surface area (Å²) < 4.78 is 0. The summed E-state index contributed by atoms with van der Waals surface area (Å²) in [6.07, 6.45) is 5.35. The molecule has 0 atom stereocenters. The van der Waals surface area contributed by atoms with Crippen molar-refractivity contribution in [3.05, 3.63) is 35.4 Å². The Morgan fingerprint density at radius 1 is 1.32 bits per heavy atom. The molecule has 1 aliphatic carbocycles. The topological polar surface area (TPSA) is 49.3 Å². The van der Waals surface area contributed by atoms with Gasteiger partial charge in [0.15, 0.2) is 0 Å². The van der Waals surface area contributed by atoms with Crippen LogP contribution in [0.4, 0.5) is 0 Å². The molecule has 1 fully saturated rings. The first kappa shape index (κ1) is 14.1. The summed E-state index contributed by atoms with van der Waals surface area (Å²) in [6, 6.07) is 8.14. The van der Waals surface area contributed by atoms with Crippen LogP contribution in [-0.2, 0) is 17.6 Å². The SMILES string of the molecule is CCc1cccc(CC(=O)NC2(CO)CCCC2)c1. The normalized spacial score (nSPS) is 17.4. The summed E-state index contributed by atoms with van der Waals surface area (Å²) in [4.78, 5) is 12.1. The van der Waals surface area contributed by atoms with Gasteiger partial charge in [0.05, 0.1) is 18.6 Å². The van der Waals surface area contributed by atoms with Crippen LogP contribution in [0, 0.1) is 0 Å². The number of aliphatic hydroxyl groups is 1. The molecule has 0 saturated heterocycles. The van der Waals surface area contributed by atoms with E-state index in [4.69, 9.17) is 0 Å². The molecule has 0 heterocycles. The maximum atomic E-state index is 12.1. The molecule has 104 valence electrons. The van der Waals surface area contributed by atoms with Gasteiger partial charge >= 0.3 is 0 Å². The van der Waals surface area contributed by atoms with E-state index in [2.05, 4.69) is 24.4 Å². The Hall–Kier alpha value is -1.35. The Balaban J connectivity index is 1.96. The van der Waals surface area contributed by atoms with Gasteiger partial charge in [-0.3, -0.25) is 4.79 Å². The number of hydrogen-bond acceptors (Lipinski definition) is 2.